The zero-order chi connectivity index (χ0) is 16.0. The number of hydrogen-bond donors (Lipinski definition) is 0. The summed E-state index contributed by atoms with van der Waals surface area (Å²) in [6.07, 6.45) is 2.57. The van der Waals surface area contributed by atoms with E-state index in [2.05, 4.69) is 31.2 Å². The number of rotatable bonds is 7. The smallest absolute Gasteiger partial charge is 0.266 e. The van der Waals surface area contributed by atoms with Crippen LogP contribution >= 0.6 is 0 Å². The third-order valence-corrected chi connectivity index (χ3v) is 4.86. The topological polar surface area (TPSA) is 43.4 Å². The van der Waals surface area contributed by atoms with Gasteiger partial charge >= 0.3 is 0 Å². The van der Waals surface area contributed by atoms with E-state index in [-0.39, 0.29) is 11.5 Å². The van der Waals surface area contributed by atoms with E-state index in [4.69, 9.17) is 4.18 Å². The van der Waals surface area contributed by atoms with Gasteiger partial charge in [0.1, 0.15) is 0 Å². The summed E-state index contributed by atoms with van der Waals surface area (Å²) in [6.45, 7) is 4.21. The molecule has 0 unspecified atom stereocenters. The van der Waals surface area contributed by atoms with Crippen molar-refractivity contribution in [1.82, 2.24) is 0 Å². The van der Waals surface area contributed by atoms with Gasteiger partial charge in [0.2, 0.25) is 0 Å². The molecule has 0 aliphatic rings. The van der Waals surface area contributed by atoms with E-state index in [1.54, 1.807) is 24.3 Å². The van der Waals surface area contributed by atoms with Gasteiger partial charge in [0.05, 0.1) is 11.5 Å². The number of unbranched alkanes of at least 4 members (excludes halogenated alkanes) is 1. The summed E-state index contributed by atoms with van der Waals surface area (Å²) >= 11 is 0. The molecule has 0 spiro atoms. The Morgan fingerprint density at radius 2 is 1.36 bits per heavy atom. The molecule has 0 amide bonds. The SMILES string of the molecule is Cc1ccc(CCCCOS(=O)(=O)c2ccc(C)cc2)cc1. The van der Waals surface area contributed by atoms with Crippen molar-refractivity contribution in [1.29, 1.82) is 0 Å². The van der Waals surface area contributed by atoms with Gasteiger partial charge in [-0.2, -0.15) is 8.42 Å². The summed E-state index contributed by atoms with van der Waals surface area (Å²) in [5.74, 6) is 0. The van der Waals surface area contributed by atoms with Crippen molar-refractivity contribution >= 4 is 10.1 Å². The highest BCUT2D eigenvalue weighted by Crippen LogP contribution is 2.14. The van der Waals surface area contributed by atoms with Gasteiger partial charge in [0.15, 0.2) is 0 Å². The molecule has 2 aromatic carbocycles. The van der Waals surface area contributed by atoms with Gasteiger partial charge in [-0.05, 0) is 50.8 Å². The van der Waals surface area contributed by atoms with Gasteiger partial charge in [-0.3, -0.25) is 4.18 Å². The van der Waals surface area contributed by atoms with E-state index < -0.39 is 10.1 Å². The minimum absolute atomic E-state index is 0.219. The first kappa shape index (κ1) is 16.7. The third kappa shape index (κ3) is 4.97. The van der Waals surface area contributed by atoms with Crippen LogP contribution in [-0.2, 0) is 20.7 Å². The lowest BCUT2D eigenvalue weighted by Gasteiger charge is -2.06. The van der Waals surface area contributed by atoms with Crippen molar-refractivity contribution in [3.8, 4) is 0 Å². The summed E-state index contributed by atoms with van der Waals surface area (Å²) in [6, 6.07) is 15.1. The molecule has 3 nitrogen and oxygen atoms in total. The van der Waals surface area contributed by atoms with Gasteiger partial charge < -0.3 is 0 Å². The molecule has 118 valence electrons. The van der Waals surface area contributed by atoms with Crippen LogP contribution in [0.2, 0.25) is 0 Å². The van der Waals surface area contributed by atoms with Crippen molar-refractivity contribution in [2.45, 2.75) is 38.0 Å². The quantitative estimate of drug-likeness (QED) is 0.572. The fourth-order valence-corrected chi connectivity index (χ4v) is 3.07. The second kappa shape index (κ2) is 7.56. The average molecular weight is 318 g/mol. The maximum atomic E-state index is 12.0. The normalized spacial score (nSPS) is 11.5. The monoisotopic (exact) mass is 318 g/mol. The molecule has 0 saturated carbocycles. The average Bonchev–Trinajstić information content (AvgIpc) is 2.49. The molecule has 22 heavy (non-hydrogen) atoms. The van der Waals surface area contributed by atoms with Crippen LogP contribution in [0.1, 0.15) is 29.5 Å². The first-order chi connectivity index (χ1) is 10.5. The predicted octanol–water partition coefficient (Wildman–Crippen LogP) is 4.03. The summed E-state index contributed by atoms with van der Waals surface area (Å²) in [5.41, 5.74) is 3.54. The highest BCUT2D eigenvalue weighted by atomic mass is 32.2. The Hall–Kier alpha value is -1.65. The van der Waals surface area contributed by atoms with Crippen molar-refractivity contribution in [3.05, 3.63) is 65.2 Å². The van der Waals surface area contributed by atoms with E-state index in [1.165, 1.54) is 11.1 Å². The zero-order valence-electron chi connectivity index (χ0n) is 13.1. The molecule has 0 fully saturated rings. The number of hydrogen-bond acceptors (Lipinski definition) is 3. The van der Waals surface area contributed by atoms with Gasteiger partial charge in [-0.25, -0.2) is 0 Å². The molecular formula is C18H22O3S. The molecule has 0 N–H and O–H groups in total. The van der Waals surface area contributed by atoms with Crippen LogP contribution in [-0.4, -0.2) is 15.0 Å². The van der Waals surface area contributed by atoms with Crippen molar-refractivity contribution in [3.63, 3.8) is 0 Å². The summed E-state index contributed by atoms with van der Waals surface area (Å²) in [5, 5.41) is 0. The molecule has 0 radical (unpaired) electrons. The second-order valence-electron chi connectivity index (χ2n) is 5.53. The summed E-state index contributed by atoms with van der Waals surface area (Å²) < 4.78 is 29.1. The van der Waals surface area contributed by atoms with Crippen LogP contribution < -0.4 is 0 Å². The zero-order valence-corrected chi connectivity index (χ0v) is 13.9. The Morgan fingerprint density at radius 3 is 1.95 bits per heavy atom. The van der Waals surface area contributed by atoms with E-state index in [0.717, 1.165) is 24.8 Å². The van der Waals surface area contributed by atoms with E-state index in [1.807, 2.05) is 6.92 Å². The van der Waals surface area contributed by atoms with E-state index >= 15 is 0 Å². The van der Waals surface area contributed by atoms with Crippen molar-refractivity contribution < 1.29 is 12.6 Å². The predicted molar refractivity (Wildman–Crippen MR) is 88.4 cm³/mol. The molecule has 0 aliphatic carbocycles. The van der Waals surface area contributed by atoms with Gasteiger partial charge in [0, 0.05) is 0 Å². The molecule has 2 rings (SSSR count). The first-order valence-corrected chi connectivity index (χ1v) is 8.90. The van der Waals surface area contributed by atoms with Crippen LogP contribution in [0.5, 0.6) is 0 Å². The first-order valence-electron chi connectivity index (χ1n) is 7.49. The largest absolute Gasteiger partial charge is 0.296 e. The minimum atomic E-state index is -3.63. The summed E-state index contributed by atoms with van der Waals surface area (Å²) in [4.78, 5) is 0.219. The van der Waals surface area contributed by atoms with Crippen LogP contribution in [0.25, 0.3) is 0 Å². The molecule has 0 atom stereocenters. The Kier molecular flexibility index (Phi) is 5.75. The Bertz CT molecular complexity index is 686. The maximum Gasteiger partial charge on any atom is 0.296 e. The molecule has 4 heteroatoms. The Balaban J connectivity index is 1.76. The molecule has 0 saturated heterocycles. The van der Waals surface area contributed by atoms with Crippen molar-refractivity contribution in [2.75, 3.05) is 6.61 Å². The second-order valence-corrected chi connectivity index (χ2v) is 7.15. The lowest BCUT2D eigenvalue weighted by atomic mass is 10.1. The third-order valence-electron chi connectivity index (χ3n) is 3.53. The lowest BCUT2D eigenvalue weighted by molar-refractivity contribution is 0.308. The fraction of sp³-hybridized carbons (Fsp3) is 0.333. The molecular weight excluding hydrogens is 296 g/mol. The highest BCUT2D eigenvalue weighted by Gasteiger charge is 2.14. The lowest BCUT2D eigenvalue weighted by Crippen LogP contribution is -2.07. The molecule has 0 bridgehead atoms. The molecule has 2 aromatic rings. The van der Waals surface area contributed by atoms with E-state index in [9.17, 15) is 8.42 Å². The van der Waals surface area contributed by atoms with Gasteiger partial charge in [-0.1, -0.05) is 47.5 Å². The Labute approximate surface area is 133 Å². The minimum Gasteiger partial charge on any atom is -0.266 e. The molecule has 0 aliphatic heterocycles. The van der Waals surface area contributed by atoms with Crippen LogP contribution in [0, 0.1) is 13.8 Å². The number of aryl methyl sites for hydroxylation is 3. The molecule has 0 aromatic heterocycles. The van der Waals surface area contributed by atoms with Crippen LogP contribution in [0.4, 0.5) is 0 Å². The van der Waals surface area contributed by atoms with Crippen molar-refractivity contribution in [2.24, 2.45) is 0 Å². The van der Waals surface area contributed by atoms with Gasteiger partial charge in [-0.15, -0.1) is 0 Å². The Morgan fingerprint density at radius 1 is 0.818 bits per heavy atom. The number of benzene rings is 2. The van der Waals surface area contributed by atoms with E-state index in [0.29, 0.717) is 0 Å². The maximum absolute atomic E-state index is 12.0. The van der Waals surface area contributed by atoms with Gasteiger partial charge in [0.25, 0.3) is 10.1 Å². The van der Waals surface area contributed by atoms with Crippen LogP contribution in [0.3, 0.4) is 0 Å². The fourth-order valence-electron chi connectivity index (χ4n) is 2.13. The summed E-state index contributed by atoms with van der Waals surface area (Å²) in [7, 11) is -3.63. The highest BCUT2D eigenvalue weighted by molar-refractivity contribution is 7.86. The van der Waals surface area contributed by atoms with Crippen LogP contribution in [0.15, 0.2) is 53.4 Å². The molecule has 0 heterocycles. The standard InChI is InChI=1S/C18H22O3S/c1-15-6-10-17(11-7-15)5-3-4-14-21-22(19,20)18-12-8-16(2)9-13-18/h6-13H,3-5,14H2,1-2H3.